The van der Waals surface area contributed by atoms with Gasteiger partial charge in [-0.15, -0.1) is 0 Å². The maximum atomic E-state index is 14.5. The van der Waals surface area contributed by atoms with Crippen LogP contribution >= 0.6 is 0 Å². The second-order valence-electron chi connectivity index (χ2n) is 15.0. The Morgan fingerprint density at radius 1 is 1.08 bits per heavy atom. The molecule has 1 aromatic rings. The van der Waals surface area contributed by atoms with Crippen LogP contribution in [0.1, 0.15) is 82.9 Å². The number of likely N-dealkylation sites (tertiary alicyclic amines) is 1. The van der Waals surface area contributed by atoms with Crippen molar-refractivity contribution < 1.29 is 43.0 Å². The van der Waals surface area contributed by atoms with Gasteiger partial charge >= 0.3 is 6.09 Å². The molecule has 5 rings (SSSR count). The summed E-state index contributed by atoms with van der Waals surface area (Å²) in [6.45, 7) is 11.9. The van der Waals surface area contributed by atoms with E-state index < -0.39 is 64.8 Å². The molecule has 0 bridgehead atoms. The first-order valence-electron chi connectivity index (χ1n) is 17.5. The summed E-state index contributed by atoms with van der Waals surface area (Å²) in [6, 6.07) is 0.660. The van der Waals surface area contributed by atoms with Gasteiger partial charge in [0.1, 0.15) is 29.5 Å². The van der Waals surface area contributed by atoms with E-state index in [4.69, 9.17) is 19.0 Å². The zero-order valence-corrected chi connectivity index (χ0v) is 30.1. The third kappa shape index (κ3) is 8.40. The molecule has 1 spiro atoms. The molecule has 14 heteroatoms. The molecule has 4 aliphatic rings. The van der Waals surface area contributed by atoms with Crippen molar-refractivity contribution in [2.45, 2.75) is 116 Å². The van der Waals surface area contributed by atoms with Crippen molar-refractivity contribution in [2.75, 3.05) is 26.9 Å². The Balaban J connectivity index is 1.44. The number of rotatable bonds is 12. The number of methoxy groups -OCH3 is 1. The first kappa shape index (κ1) is 37.1. The van der Waals surface area contributed by atoms with Crippen LogP contribution in [0.5, 0.6) is 5.75 Å². The molecule has 2 saturated heterocycles. The van der Waals surface area contributed by atoms with Crippen molar-refractivity contribution in [3.63, 3.8) is 0 Å². The van der Waals surface area contributed by atoms with Crippen LogP contribution in [0.15, 0.2) is 18.2 Å². The highest BCUT2D eigenvalue weighted by Gasteiger charge is 2.54. The molecule has 3 aliphatic heterocycles. The minimum absolute atomic E-state index is 0.0202. The van der Waals surface area contributed by atoms with Gasteiger partial charge in [-0.25, -0.2) is 4.79 Å². The number of hydrogen-bond acceptors (Lipinski definition) is 10. The summed E-state index contributed by atoms with van der Waals surface area (Å²) in [6.07, 6.45) is 3.71. The standard InChI is InChI=1S/C36H51N5O9/c1-8-9-25(28(42)32(44)37-23-10-11-23)38-31(43)27-17-36(16-26(40-50-36)22-14-20(2)29(47-7)21(3)15-22)19-41(27)33(45)30(35(4,5)6)39-34(46)49-24-12-13-48-18-24/h14-16,23-25,27,30,40H,8-13,17-19H2,1-7H3,(H,37,44)(H,38,43)(H,39,46)/t24-,25-,27-,30+,36+/m0/s1. The van der Waals surface area contributed by atoms with E-state index in [1.165, 1.54) is 4.90 Å². The molecule has 3 fully saturated rings. The highest BCUT2D eigenvalue weighted by molar-refractivity contribution is 6.38. The summed E-state index contributed by atoms with van der Waals surface area (Å²) in [5.41, 5.74) is 4.47. The van der Waals surface area contributed by atoms with Crippen molar-refractivity contribution >= 4 is 35.3 Å². The Hall–Kier alpha value is -4.17. The van der Waals surface area contributed by atoms with Gasteiger partial charge in [0.15, 0.2) is 0 Å². The number of hydrogen-bond donors (Lipinski definition) is 4. The lowest BCUT2D eigenvalue weighted by Crippen LogP contribution is -2.59. The van der Waals surface area contributed by atoms with Crippen LogP contribution in [0.4, 0.5) is 4.79 Å². The predicted octanol–water partition coefficient (Wildman–Crippen LogP) is 2.59. The zero-order chi connectivity index (χ0) is 36.4. The van der Waals surface area contributed by atoms with Gasteiger partial charge < -0.3 is 35.1 Å². The number of ether oxygens (including phenoxy) is 3. The summed E-state index contributed by atoms with van der Waals surface area (Å²) in [5.74, 6) is -1.79. The molecule has 1 saturated carbocycles. The average Bonchev–Trinajstić information content (AvgIpc) is 3.40. The fourth-order valence-electron chi connectivity index (χ4n) is 6.78. The van der Waals surface area contributed by atoms with Gasteiger partial charge in [-0.05, 0) is 67.9 Å². The highest BCUT2D eigenvalue weighted by atomic mass is 16.7. The lowest BCUT2D eigenvalue weighted by molar-refractivity contribution is -0.144. The minimum atomic E-state index is -1.12. The van der Waals surface area contributed by atoms with E-state index >= 15 is 0 Å². The van der Waals surface area contributed by atoms with Crippen LogP contribution in [0.3, 0.4) is 0 Å². The molecule has 14 nitrogen and oxygen atoms in total. The molecule has 1 aromatic carbocycles. The Morgan fingerprint density at radius 3 is 2.36 bits per heavy atom. The number of aryl methyl sites for hydroxylation is 2. The molecule has 0 unspecified atom stereocenters. The number of nitrogens with one attached hydrogen (secondary N) is 4. The number of ketones is 1. The summed E-state index contributed by atoms with van der Waals surface area (Å²) in [4.78, 5) is 75.2. The van der Waals surface area contributed by atoms with Gasteiger partial charge in [0.05, 0.1) is 38.6 Å². The molecular weight excluding hydrogens is 646 g/mol. The van der Waals surface area contributed by atoms with E-state index in [1.54, 1.807) is 7.11 Å². The van der Waals surface area contributed by atoms with Gasteiger partial charge in [-0.1, -0.05) is 34.1 Å². The topological polar surface area (TPSA) is 174 Å². The van der Waals surface area contributed by atoms with Gasteiger partial charge in [0.2, 0.25) is 17.6 Å². The number of amides is 4. The van der Waals surface area contributed by atoms with Crippen molar-refractivity contribution in [2.24, 2.45) is 5.41 Å². The third-order valence-electron chi connectivity index (χ3n) is 9.57. The summed E-state index contributed by atoms with van der Waals surface area (Å²) >= 11 is 0. The molecular formula is C36H51N5O9. The van der Waals surface area contributed by atoms with Crippen LogP contribution in [0.25, 0.3) is 5.70 Å². The predicted molar refractivity (Wildman–Crippen MR) is 183 cm³/mol. The third-order valence-corrected chi connectivity index (χ3v) is 9.57. The van der Waals surface area contributed by atoms with Crippen LogP contribution in [-0.2, 0) is 33.5 Å². The minimum Gasteiger partial charge on any atom is -0.496 e. The van der Waals surface area contributed by atoms with Crippen LogP contribution in [-0.4, -0.2) is 97.2 Å². The number of Topliss-reactive ketones (excluding diaryl/α,β-unsaturated/α-hetero) is 1. The highest BCUT2D eigenvalue weighted by Crippen LogP contribution is 2.40. The first-order valence-corrected chi connectivity index (χ1v) is 17.5. The number of carbonyl (C=O) groups excluding carboxylic acids is 5. The molecule has 0 radical (unpaired) electrons. The van der Waals surface area contributed by atoms with E-state index in [0.717, 1.165) is 35.3 Å². The molecule has 5 atom stereocenters. The molecule has 4 N–H and O–H groups in total. The van der Waals surface area contributed by atoms with Crippen LogP contribution < -0.4 is 26.2 Å². The monoisotopic (exact) mass is 697 g/mol. The fraction of sp³-hybridized carbons (Fsp3) is 0.639. The van der Waals surface area contributed by atoms with Crippen molar-refractivity contribution in [1.29, 1.82) is 0 Å². The first-order chi connectivity index (χ1) is 23.6. The molecule has 50 heavy (non-hydrogen) atoms. The second kappa shape index (κ2) is 15.0. The van der Waals surface area contributed by atoms with Crippen LogP contribution in [0, 0.1) is 19.3 Å². The summed E-state index contributed by atoms with van der Waals surface area (Å²) in [7, 11) is 1.62. The van der Waals surface area contributed by atoms with Gasteiger partial charge in [-0.2, -0.15) is 0 Å². The van der Waals surface area contributed by atoms with E-state index in [-0.39, 0.29) is 32.0 Å². The smallest absolute Gasteiger partial charge is 0.408 e. The maximum absolute atomic E-state index is 14.5. The summed E-state index contributed by atoms with van der Waals surface area (Å²) in [5, 5.41) is 8.23. The molecule has 0 aromatic heterocycles. The summed E-state index contributed by atoms with van der Waals surface area (Å²) < 4.78 is 16.4. The lowest BCUT2D eigenvalue weighted by Gasteiger charge is -2.35. The Bertz CT molecular complexity index is 1500. The van der Waals surface area contributed by atoms with E-state index in [9.17, 15) is 24.0 Å². The number of alkyl carbamates (subject to hydrolysis) is 1. The molecule has 3 heterocycles. The van der Waals surface area contributed by atoms with Crippen LogP contribution in [0.2, 0.25) is 0 Å². The Kier molecular flexibility index (Phi) is 11.1. The van der Waals surface area contributed by atoms with Gasteiger partial charge in [-0.3, -0.25) is 29.5 Å². The Labute approximate surface area is 293 Å². The normalized spacial score (nSPS) is 24.2. The number of carbonyl (C=O) groups is 5. The van der Waals surface area contributed by atoms with E-state index in [1.807, 2.05) is 59.8 Å². The SMILES string of the molecule is CCC[C@H](NC(=O)[C@@H]1C[C@]2(C=C(c3cc(C)c(OC)c(C)c3)NO2)CN1C(=O)[C@@H](NC(=O)O[C@H]1CCOC1)C(C)(C)C)C(=O)C(=O)NC1CC1. The Morgan fingerprint density at radius 2 is 1.78 bits per heavy atom. The van der Waals surface area contributed by atoms with Gasteiger partial charge in [0.25, 0.3) is 5.91 Å². The molecule has 1 aliphatic carbocycles. The maximum Gasteiger partial charge on any atom is 0.408 e. The van der Waals surface area contributed by atoms with Gasteiger partial charge in [0, 0.05) is 24.4 Å². The lowest BCUT2D eigenvalue weighted by atomic mass is 9.85. The second-order valence-corrected chi connectivity index (χ2v) is 15.0. The number of benzene rings is 1. The molecule has 274 valence electrons. The molecule has 4 amide bonds. The van der Waals surface area contributed by atoms with Crippen molar-refractivity contribution in [3.8, 4) is 5.75 Å². The quantitative estimate of drug-likeness (QED) is 0.238. The average molecular weight is 698 g/mol. The number of nitrogens with zero attached hydrogens (tertiary/aromatic N) is 1. The zero-order valence-electron chi connectivity index (χ0n) is 30.1. The van der Waals surface area contributed by atoms with Crippen molar-refractivity contribution in [3.05, 3.63) is 34.9 Å². The van der Waals surface area contributed by atoms with E-state index in [2.05, 4.69) is 21.4 Å². The largest absolute Gasteiger partial charge is 0.496 e. The van der Waals surface area contributed by atoms with Crippen molar-refractivity contribution in [1.82, 2.24) is 26.3 Å². The number of hydroxylamine groups is 1. The van der Waals surface area contributed by atoms with E-state index in [0.29, 0.717) is 25.1 Å². The fourth-order valence-corrected chi connectivity index (χ4v) is 6.78.